The second-order valence-electron chi connectivity index (χ2n) is 5.60. The van der Waals surface area contributed by atoms with Gasteiger partial charge in [-0.2, -0.15) is 0 Å². The van der Waals surface area contributed by atoms with E-state index >= 15 is 0 Å². The van der Waals surface area contributed by atoms with Crippen LogP contribution < -0.4 is 11.1 Å². The molecule has 0 aliphatic carbocycles. The highest BCUT2D eigenvalue weighted by Crippen LogP contribution is 2.08. The molecule has 4 heteroatoms. The van der Waals surface area contributed by atoms with Crippen molar-refractivity contribution in [2.75, 3.05) is 13.6 Å². The SMILES string of the molecule is CC(C)NC(N)=NCCC(C)N(C)Cc1ccccc1. The maximum atomic E-state index is 5.79. The van der Waals surface area contributed by atoms with Gasteiger partial charge in [0, 0.05) is 25.2 Å². The summed E-state index contributed by atoms with van der Waals surface area (Å²) in [4.78, 5) is 6.69. The fourth-order valence-corrected chi connectivity index (χ4v) is 1.96. The first-order valence-electron chi connectivity index (χ1n) is 7.29. The van der Waals surface area contributed by atoms with E-state index in [9.17, 15) is 0 Å². The molecule has 0 heterocycles. The number of benzene rings is 1. The predicted molar refractivity (Wildman–Crippen MR) is 86.7 cm³/mol. The number of hydrogen-bond acceptors (Lipinski definition) is 2. The number of nitrogens with two attached hydrogens (primary N) is 1. The molecule has 20 heavy (non-hydrogen) atoms. The highest BCUT2D eigenvalue weighted by Gasteiger charge is 2.09. The van der Waals surface area contributed by atoms with Crippen LogP contribution in [-0.4, -0.2) is 36.5 Å². The third kappa shape index (κ3) is 6.57. The Morgan fingerprint density at radius 2 is 1.90 bits per heavy atom. The van der Waals surface area contributed by atoms with Gasteiger partial charge in [-0.1, -0.05) is 30.3 Å². The smallest absolute Gasteiger partial charge is 0.188 e. The highest BCUT2D eigenvalue weighted by molar-refractivity contribution is 5.78. The molecule has 0 fully saturated rings. The molecule has 0 amide bonds. The molecule has 0 aliphatic heterocycles. The van der Waals surface area contributed by atoms with Crippen LogP contribution in [0.1, 0.15) is 32.8 Å². The maximum Gasteiger partial charge on any atom is 0.188 e. The summed E-state index contributed by atoms with van der Waals surface area (Å²) < 4.78 is 0. The van der Waals surface area contributed by atoms with E-state index in [4.69, 9.17) is 5.73 Å². The molecule has 0 radical (unpaired) electrons. The zero-order chi connectivity index (χ0) is 15.0. The first-order chi connectivity index (χ1) is 9.49. The molecule has 1 atom stereocenters. The first kappa shape index (κ1) is 16.5. The Labute approximate surface area is 123 Å². The Balaban J connectivity index is 2.33. The van der Waals surface area contributed by atoms with Crippen LogP contribution >= 0.6 is 0 Å². The van der Waals surface area contributed by atoms with Crippen LogP contribution in [-0.2, 0) is 6.54 Å². The Kier molecular flexibility index (Phi) is 7.09. The van der Waals surface area contributed by atoms with E-state index in [0.29, 0.717) is 18.0 Å². The number of nitrogens with one attached hydrogen (secondary N) is 1. The van der Waals surface area contributed by atoms with Gasteiger partial charge in [-0.3, -0.25) is 9.89 Å². The highest BCUT2D eigenvalue weighted by atomic mass is 15.1. The predicted octanol–water partition coefficient (Wildman–Crippen LogP) is 2.21. The number of hydrogen-bond donors (Lipinski definition) is 2. The molecule has 0 spiro atoms. The lowest BCUT2D eigenvalue weighted by Gasteiger charge is -2.24. The van der Waals surface area contributed by atoms with Gasteiger partial charge in [-0.15, -0.1) is 0 Å². The number of guanidine groups is 1. The fraction of sp³-hybridized carbons (Fsp3) is 0.562. The van der Waals surface area contributed by atoms with Crippen molar-refractivity contribution < 1.29 is 0 Å². The summed E-state index contributed by atoms with van der Waals surface area (Å²) >= 11 is 0. The van der Waals surface area contributed by atoms with Gasteiger partial charge < -0.3 is 11.1 Å². The molecular formula is C16H28N4. The van der Waals surface area contributed by atoms with E-state index in [1.807, 2.05) is 6.07 Å². The van der Waals surface area contributed by atoms with Crippen LogP contribution in [0.4, 0.5) is 0 Å². The Morgan fingerprint density at radius 1 is 1.25 bits per heavy atom. The van der Waals surface area contributed by atoms with Gasteiger partial charge in [0.05, 0.1) is 0 Å². The topological polar surface area (TPSA) is 53.6 Å². The maximum absolute atomic E-state index is 5.79. The molecule has 3 N–H and O–H groups in total. The van der Waals surface area contributed by atoms with E-state index in [0.717, 1.165) is 19.5 Å². The van der Waals surface area contributed by atoms with Gasteiger partial charge in [0.2, 0.25) is 0 Å². The number of nitrogens with zero attached hydrogens (tertiary/aromatic N) is 2. The van der Waals surface area contributed by atoms with E-state index < -0.39 is 0 Å². The molecule has 0 saturated carbocycles. The number of aliphatic imine (C=N–C) groups is 1. The second kappa shape index (κ2) is 8.59. The first-order valence-corrected chi connectivity index (χ1v) is 7.29. The molecule has 112 valence electrons. The van der Waals surface area contributed by atoms with Crippen LogP contribution in [0, 0.1) is 0 Å². The minimum atomic E-state index is 0.330. The molecule has 0 aromatic heterocycles. The monoisotopic (exact) mass is 276 g/mol. The standard InChI is InChI=1S/C16H28N4/c1-13(2)19-16(17)18-11-10-14(3)20(4)12-15-8-6-5-7-9-15/h5-9,13-14H,10-12H2,1-4H3,(H3,17,18,19). The molecular weight excluding hydrogens is 248 g/mol. The van der Waals surface area contributed by atoms with Crippen LogP contribution in [0.3, 0.4) is 0 Å². The quantitative estimate of drug-likeness (QED) is 0.593. The summed E-state index contributed by atoms with van der Waals surface area (Å²) in [7, 11) is 2.15. The zero-order valence-electron chi connectivity index (χ0n) is 13.1. The molecule has 1 unspecified atom stereocenters. The lowest BCUT2D eigenvalue weighted by Crippen LogP contribution is -2.37. The van der Waals surface area contributed by atoms with Crippen LogP contribution in [0.2, 0.25) is 0 Å². The average Bonchev–Trinajstić information content (AvgIpc) is 2.38. The van der Waals surface area contributed by atoms with Crippen molar-refractivity contribution in [1.82, 2.24) is 10.2 Å². The van der Waals surface area contributed by atoms with Crippen LogP contribution in [0.25, 0.3) is 0 Å². The van der Waals surface area contributed by atoms with E-state index in [2.05, 4.69) is 67.3 Å². The minimum absolute atomic E-state index is 0.330. The molecule has 1 rings (SSSR count). The van der Waals surface area contributed by atoms with Crippen molar-refractivity contribution in [3.8, 4) is 0 Å². The average molecular weight is 276 g/mol. The zero-order valence-corrected chi connectivity index (χ0v) is 13.1. The molecule has 4 nitrogen and oxygen atoms in total. The summed E-state index contributed by atoms with van der Waals surface area (Å²) in [5.74, 6) is 0.540. The summed E-state index contributed by atoms with van der Waals surface area (Å²) in [5.41, 5.74) is 7.13. The molecule has 1 aromatic rings. The van der Waals surface area contributed by atoms with Gasteiger partial charge >= 0.3 is 0 Å². The fourth-order valence-electron chi connectivity index (χ4n) is 1.96. The van der Waals surface area contributed by atoms with E-state index in [1.165, 1.54) is 5.56 Å². The van der Waals surface area contributed by atoms with E-state index in [-0.39, 0.29) is 0 Å². The lowest BCUT2D eigenvalue weighted by molar-refractivity contribution is 0.240. The Morgan fingerprint density at radius 3 is 2.50 bits per heavy atom. The number of rotatable bonds is 7. The minimum Gasteiger partial charge on any atom is -0.370 e. The van der Waals surface area contributed by atoms with Crippen LogP contribution in [0.15, 0.2) is 35.3 Å². The van der Waals surface area contributed by atoms with Gasteiger partial charge in [0.1, 0.15) is 0 Å². The molecule has 0 aliphatic rings. The normalized spacial score (nSPS) is 13.8. The summed E-state index contributed by atoms with van der Waals surface area (Å²) in [6.45, 7) is 8.05. The summed E-state index contributed by atoms with van der Waals surface area (Å²) in [5, 5.41) is 3.10. The summed E-state index contributed by atoms with van der Waals surface area (Å²) in [6, 6.07) is 11.3. The van der Waals surface area contributed by atoms with Crippen molar-refractivity contribution in [2.24, 2.45) is 10.7 Å². The lowest BCUT2D eigenvalue weighted by atomic mass is 10.1. The molecule has 0 saturated heterocycles. The van der Waals surface area contributed by atoms with Crippen molar-refractivity contribution in [1.29, 1.82) is 0 Å². The van der Waals surface area contributed by atoms with Crippen molar-refractivity contribution in [3.63, 3.8) is 0 Å². The van der Waals surface area contributed by atoms with Crippen molar-refractivity contribution in [3.05, 3.63) is 35.9 Å². The second-order valence-corrected chi connectivity index (χ2v) is 5.60. The van der Waals surface area contributed by atoms with E-state index in [1.54, 1.807) is 0 Å². The summed E-state index contributed by atoms with van der Waals surface area (Å²) in [6.07, 6.45) is 1.00. The Bertz CT molecular complexity index is 400. The van der Waals surface area contributed by atoms with Crippen LogP contribution in [0.5, 0.6) is 0 Å². The molecule has 0 bridgehead atoms. The van der Waals surface area contributed by atoms with Gasteiger partial charge in [-0.05, 0) is 39.8 Å². The van der Waals surface area contributed by atoms with Gasteiger partial charge in [0.25, 0.3) is 0 Å². The van der Waals surface area contributed by atoms with Gasteiger partial charge in [0.15, 0.2) is 5.96 Å². The van der Waals surface area contributed by atoms with Crippen molar-refractivity contribution in [2.45, 2.75) is 45.8 Å². The largest absolute Gasteiger partial charge is 0.370 e. The third-order valence-corrected chi connectivity index (χ3v) is 3.29. The van der Waals surface area contributed by atoms with Gasteiger partial charge in [-0.25, -0.2) is 0 Å². The third-order valence-electron chi connectivity index (χ3n) is 3.29. The molecule has 1 aromatic carbocycles. The van der Waals surface area contributed by atoms with Crippen molar-refractivity contribution >= 4 is 5.96 Å². The Hall–Kier alpha value is -1.55.